The Balaban J connectivity index is 1.96. The zero-order valence-corrected chi connectivity index (χ0v) is 15.7. The molecule has 0 unspecified atom stereocenters. The summed E-state index contributed by atoms with van der Waals surface area (Å²) in [7, 11) is -5.54. The van der Waals surface area contributed by atoms with Crippen LogP contribution in [0.4, 0.5) is 13.2 Å². The molecule has 13 heteroatoms. The van der Waals surface area contributed by atoms with Crippen LogP contribution in [0.15, 0.2) is 58.5 Å². The normalized spacial score (nSPS) is 12.1. The number of halogens is 3. The number of hydrogen-bond acceptors (Lipinski definition) is 6. The fourth-order valence-corrected chi connectivity index (χ4v) is 3.41. The van der Waals surface area contributed by atoms with Gasteiger partial charge in [-0.1, -0.05) is 0 Å². The number of sulfone groups is 1. The fourth-order valence-electron chi connectivity index (χ4n) is 2.65. The summed E-state index contributed by atoms with van der Waals surface area (Å²) in [6.45, 7) is -0.0667. The number of benzene rings is 1. The number of nitrogens with two attached hydrogens (primary N) is 1. The molecule has 0 aliphatic rings. The molecule has 2 aromatic heterocycles. The van der Waals surface area contributed by atoms with E-state index in [-0.39, 0.29) is 17.9 Å². The second-order valence-electron chi connectivity index (χ2n) is 6.09. The smallest absolute Gasteiger partial charge is 0.493 e. The second kappa shape index (κ2) is 7.33. The van der Waals surface area contributed by atoms with Crippen molar-refractivity contribution in [1.29, 1.82) is 0 Å². The molecule has 30 heavy (non-hydrogen) atoms. The van der Waals surface area contributed by atoms with Crippen molar-refractivity contribution in [2.75, 3.05) is 0 Å². The molecule has 3 rings (SSSR count). The third-order valence-corrected chi connectivity index (χ3v) is 5.58. The standard InChI is InChI=1S/C17H13F3N4O5S/c18-17(19,20)30(28,29)12-3-1-11(2-4-12)24-14(25)9-23(16(24)27)8-10-5-6-22-13(7-10)15(21)26/h1-7,9,25H,8H2,(H2,21,26). The Morgan fingerprint density at radius 1 is 1.17 bits per heavy atom. The van der Waals surface area contributed by atoms with Crippen molar-refractivity contribution in [3.8, 4) is 11.6 Å². The molecule has 9 nitrogen and oxygen atoms in total. The number of carbonyl (C=O) groups excluding carboxylic acids is 1. The molecule has 0 radical (unpaired) electrons. The molecule has 1 aromatic carbocycles. The Hall–Kier alpha value is -3.61. The first-order valence-electron chi connectivity index (χ1n) is 8.09. The van der Waals surface area contributed by atoms with Gasteiger partial charge in [0.1, 0.15) is 5.69 Å². The van der Waals surface area contributed by atoms with Crippen LogP contribution in [0.3, 0.4) is 0 Å². The van der Waals surface area contributed by atoms with Crippen molar-refractivity contribution >= 4 is 15.7 Å². The van der Waals surface area contributed by atoms with Gasteiger partial charge in [0.2, 0.25) is 5.88 Å². The molecular formula is C17H13F3N4O5S. The maximum atomic E-state index is 12.6. The van der Waals surface area contributed by atoms with Crippen LogP contribution >= 0.6 is 0 Å². The first-order chi connectivity index (χ1) is 13.9. The van der Waals surface area contributed by atoms with Gasteiger partial charge in [-0.15, -0.1) is 0 Å². The topological polar surface area (TPSA) is 137 Å². The zero-order chi connectivity index (χ0) is 22.3. The first kappa shape index (κ1) is 21.1. The SMILES string of the molecule is NC(=O)c1cc(Cn2cc(O)n(-c3ccc(S(=O)(=O)C(F)(F)F)cc3)c2=O)ccn1. The molecule has 3 N–H and O–H groups in total. The van der Waals surface area contributed by atoms with Crippen molar-refractivity contribution in [2.45, 2.75) is 16.9 Å². The molecule has 1 amide bonds. The molecule has 0 aliphatic heterocycles. The maximum absolute atomic E-state index is 12.6. The Morgan fingerprint density at radius 2 is 1.80 bits per heavy atom. The fraction of sp³-hybridized carbons (Fsp3) is 0.118. The summed E-state index contributed by atoms with van der Waals surface area (Å²) in [5.41, 5.74) is -0.665. The summed E-state index contributed by atoms with van der Waals surface area (Å²) in [5.74, 6) is -1.30. The highest BCUT2D eigenvalue weighted by molar-refractivity contribution is 7.92. The minimum atomic E-state index is -5.54. The lowest BCUT2D eigenvalue weighted by Gasteiger charge is -2.09. The lowest BCUT2D eigenvalue weighted by Crippen LogP contribution is -2.24. The van der Waals surface area contributed by atoms with E-state index in [0.717, 1.165) is 27.5 Å². The van der Waals surface area contributed by atoms with Crippen LogP contribution in [-0.2, 0) is 16.4 Å². The van der Waals surface area contributed by atoms with E-state index in [1.54, 1.807) is 0 Å². The number of pyridine rings is 1. The Morgan fingerprint density at radius 3 is 2.37 bits per heavy atom. The number of hydrogen-bond donors (Lipinski definition) is 2. The van der Waals surface area contributed by atoms with Crippen LogP contribution < -0.4 is 11.4 Å². The third kappa shape index (κ3) is 3.78. The van der Waals surface area contributed by atoms with E-state index in [1.807, 2.05) is 0 Å². The molecule has 0 spiro atoms. The monoisotopic (exact) mass is 442 g/mol. The van der Waals surface area contributed by atoms with Crippen molar-refractivity contribution < 1.29 is 31.5 Å². The summed E-state index contributed by atoms with van der Waals surface area (Å²) >= 11 is 0. The van der Waals surface area contributed by atoms with Gasteiger partial charge in [0, 0.05) is 6.20 Å². The summed E-state index contributed by atoms with van der Waals surface area (Å²) in [6.07, 6.45) is 2.39. The first-order valence-corrected chi connectivity index (χ1v) is 9.58. The van der Waals surface area contributed by atoms with Crippen molar-refractivity contribution in [1.82, 2.24) is 14.1 Å². The van der Waals surface area contributed by atoms with Crippen LogP contribution in [0, 0.1) is 0 Å². The molecular weight excluding hydrogens is 429 g/mol. The largest absolute Gasteiger partial charge is 0.501 e. The van der Waals surface area contributed by atoms with E-state index in [4.69, 9.17) is 5.73 Å². The van der Waals surface area contributed by atoms with Crippen LogP contribution in [-0.4, -0.2) is 39.1 Å². The molecule has 0 atom stereocenters. The Labute approximate surface area is 166 Å². The molecule has 0 saturated heterocycles. The molecule has 158 valence electrons. The molecule has 0 bridgehead atoms. The lowest BCUT2D eigenvalue weighted by atomic mass is 10.2. The van der Waals surface area contributed by atoms with Gasteiger partial charge in [0.25, 0.3) is 15.7 Å². The van der Waals surface area contributed by atoms with Gasteiger partial charge in [0.05, 0.1) is 23.3 Å². The van der Waals surface area contributed by atoms with Crippen molar-refractivity contribution in [2.24, 2.45) is 5.73 Å². The molecule has 0 fully saturated rings. The van der Waals surface area contributed by atoms with E-state index in [9.17, 15) is 36.3 Å². The van der Waals surface area contributed by atoms with Gasteiger partial charge in [-0.3, -0.25) is 14.3 Å². The number of carbonyl (C=O) groups is 1. The minimum absolute atomic E-state index is 0.0225. The van der Waals surface area contributed by atoms with Crippen molar-refractivity contribution in [3.63, 3.8) is 0 Å². The average molecular weight is 442 g/mol. The molecule has 0 saturated carbocycles. The number of imidazole rings is 1. The highest BCUT2D eigenvalue weighted by atomic mass is 32.2. The summed E-state index contributed by atoms with van der Waals surface area (Å²) in [6, 6.07) is 6.17. The minimum Gasteiger partial charge on any atom is -0.493 e. The van der Waals surface area contributed by atoms with Gasteiger partial charge in [-0.25, -0.2) is 17.8 Å². The molecule has 2 heterocycles. The van der Waals surface area contributed by atoms with Crippen LogP contribution in [0.1, 0.15) is 16.1 Å². The van der Waals surface area contributed by atoms with Gasteiger partial charge in [0.15, 0.2) is 0 Å². The van der Waals surface area contributed by atoms with Crippen LogP contribution in [0.2, 0.25) is 0 Å². The quantitative estimate of drug-likeness (QED) is 0.609. The second-order valence-corrected chi connectivity index (χ2v) is 8.03. The van der Waals surface area contributed by atoms with Gasteiger partial charge in [-0.05, 0) is 42.0 Å². The van der Waals surface area contributed by atoms with Gasteiger partial charge >= 0.3 is 11.2 Å². The van der Waals surface area contributed by atoms with Gasteiger partial charge < -0.3 is 10.8 Å². The molecule has 3 aromatic rings. The number of rotatable bonds is 5. The highest BCUT2D eigenvalue weighted by Gasteiger charge is 2.46. The van der Waals surface area contributed by atoms with Crippen molar-refractivity contribution in [3.05, 3.63) is 70.5 Å². The number of alkyl halides is 3. The number of nitrogens with zero attached hydrogens (tertiary/aromatic N) is 3. The maximum Gasteiger partial charge on any atom is 0.501 e. The van der Waals surface area contributed by atoms with E-state index in [2.05, 4.69) is 4.98 Å². The van der Waals surface area contributed by atoms with Crippen LogP contribution in [0.5, 0.6) is 5.88 Å². The number of primary amides is 1. The van der Waals surface area contributed by atoms with E-state index in [1.165, 1.54) is 18.3 Å². The predicted octanol–water partition coefficient (Wildman–Crippen LogP) is 1.18. The van der Waals surface area contributed by atoms with E-state index < -0.39 is 37.7 Å². The van der Waals surface area contributed by atoms with Gasteiger partial charge in [-0.2, -0.15) is 13.2 Å². The Bertz CT molecular complexity index is 1280. The summed E-state index contributed by atoms with van der Waals surface area (Å²) in [5, 5.41) is 10.1. The predicted molar refractivity (Wildman–Crippen MR) is 96.8 cm³/mol. The summed E-state index contributed by atoms with van der Waals surface area (Å²) in [4.78, 5) is 26.6. The van der Waals surface area contributed by atoms with E-state index >= 15 is 0 Å². The lowest BCUT2D eigenvalue weighted by molar-refractivity contribution is -0.0436. The summed E-state index contributed by atoms with van der Waals surface area (Å²) < 4.78 is 62.6. The number of aromatic nitrogens is 3. The third-order valence-electron chi connectivity index (χ3n) is 4.08. The number of aromatic hydroxyl groups is 1. The average Bonchev–Trinajstić information content (AvgIpc) is 2.94. The van der Waals surface area contributed by atoms with Crippen LogP contribution in [0.25, 0.3) is 5.69 Å². The molecule has 0 aliphatic carbocycles. The van der Waals surface area contributed by atoms with E-state index in [0.29, 0.717) is 17.7 Å². The Kier molecular flexibility index (Phi) is 5.16. The zero-order valence-electron chi connectivity index (χ0n) is 14.9. The highest BCUT2D eigenvalue weighted by Crippen LogP contribution is 2.30. The number of amides is 1.